The highest BCUT2D eigenvalue weighted by atomic mass is 16.5. The second kappa shape index (κ2) is 5.72. The van der Waals surface area contributed by atoms with E-state index in [9.17, 15) is 4.79 Å². The van der Waals surface area contributed by atoms with Crippen molar-refractivity contribution in [2.75, 3.05) is 19.7 Å². The monoisotopic (exact) mass is 263 g/mol. The van der Waals surface area contributed by atoms with Crippen LogP contribution in [-0.4, -0.2) is 41.8 Å². The number of carboxylic acids is 1. The fourth-order valence-corrected chi connectivity index (χ4v) is 2.43. The van der Waals surface area contributed by atoms with Crippen LogP contribution in [0.4, 0.5) is 0 Å². The van der Waals surface area contributed by atoms with Gasteiger partial charge in [-0.15, -0.1) is 0 Å². The van der Waals surface area contributed by atoms with E-state index in [1.165, 1.54) is 22.3 Å². The van der Waals surface area contributed by atoms with Gasteiger partial charge < -0.3 is 9.84 Å². The molecule has 1 heterocycles. The Labute approximate surface area is 114 Å². The van der Waals surface area contributed by atoms with Crippen LogP contribution in [-0.2, 0) is 16.1 Å². The molecule has 104 valence electrons. The molecule has 4 nitrogen and oxygen atoms in total. The number of carbonyl (C=O) groups is 1. The molecule has 0 aromatic heterocycles. The minimum atomic E-state index is -0.874. The molecule has 19 heavy (non-hydrogen) atoms. The van der Waals surface area contributed by atoms with Gasteiger partial charge in [0.05, 0.1) is 6.61 Å². The molecular formula is C15H21NO3. The fraction of sp³-hybridized carbons (Fsp3) is 0.533. The second-order valence-electron chi connectivity index (χ2n) is 5.30. The van der Waals surface area contributed by atoms with Gasteiger partial charge in [0.15, 0.2) is 6.10 Å². The van der Waals surface area contributed by atoms with Crippen LogP contribution < -0.4 is 0 Å². The molecule has 0 bridgehead atoms. The quantitative estimate of drug-likeness (QED) is 0.905. The standard InChI is InChI=1S/C15H21NO3/c1-10-6-12(3)13(7-11(10)2)8-16-4-5-19-14(9-16)15(17)18/h6-7,14H,4-5,8-9H2,1-3H3,(H,17,18). The fourth-order valence-electron chi connectivity index (χ4n) is 2.43. The summed E-state index contributed by atoms with van der Waals surface area (Å²) in [5.74, 6) is -0.874. The SMILES string of the molecule is Cc1cc(C)c(CN2CCOC(C(=O)O)C2)cc1C. The van der Waals surface area contributed by atoms with Gasteiger partial charge in [-0.25, -0.2) is 4.79 Å². The Morgan fingerprint density at radius 2 is 2.00 bits per heavy atom. The zero-order chi connectivity index (χ0) is 14.0. The summed E-state index contributed by atoms with van der Waals surface area (Å²) in [6.45, 7) is 8.86. The molecule has 0 spiro atoms. The van der Waals surface area contributed by atoms with Crippen molar-refractivity contribution >= 4 is 5.97 Å². The highest BCUT2D eigenvalue weighted by molar-refractivity contribution is 5.72. The molecule has 1 aromatic carbocycles. The lowest BCUT2D eigenvalue weighted by molar-refractivity contribution is -0.156. The Morgan fingerprint density at radius 3 is 2.68 bits per heavy atom. The summed E-state index contributed by atoms with van der Waals surface area (Å²) in [6, 6.07) is 4.40. The average molecular weight is 263 g/mol. The zero-order valence-corrected chi connectivity index (χ0v) is 11.8. The highest BCUT2D eigenvalue weighted by Gasteiger charge is 2.26. The first kappa shape index (κ1) is 14.0. The number of carboxylic acid groups (broad SMARTS) is 1. The third-order valence-corrected chi connectivity index (χ3v) is 3.77. The molecule has 0 saturated carbocycles. The molecule has 0 aliphatic carbocycles. The average Bonchev–Trinajstić information content (AvgIpc) is 2.36. The second-order valence-corrected chi connectivity index (χ2v) is 5.30. The number of aryl methyl sites for hydroxylation is 3. The molecule has 1 aromatic rings. The molecule has 1 atom stereocenters. The summed E-state index contributed by atoms with van der Waals surface area (Å²) < 4.78 is 5.24. The number of hydrogen-bond acceptors (Lipinski definition) is 3. The van der Waals surface area contributed by atoms with Gasteiger partial charge in [-0.1, -0.05) is 12.1 Å². The molecule has 1 aliphatic rings. The van der Waals surface area contributed by atoms with Crippen molar-refractivity contribution in [1.82, 2.24) is 4.90 Å². The van der Waals surface area contributed by atoms with Crippen LogP contribution in [0.2, 0.25) is 0 Å². The van der Waals surface area contributed by atoms with Crippen LogP contribution >= 0.6 is 0 Å². The maximum Gasteiger partial charge on any atom is 0.334 e. The number of ether oxygens (including phenoxy) is 1. The number of aliphatic carboxylic acids is 1. The third kappa shape index (κ3) is 3.33. The van der Waals surface area contributed by atoms with Gasteiger partial charge in [0.2, 0.25) is 0 Å². The Bertz CT molecular complexity index is 485. The number of hydrogen-bond donors (Lipinski definition) is 1. The summed E-state index contributed by atoms with van der Waals surface area (Å²) >= 11 is 0. The summed E-state index contributed by atoms with van der Waals surface area (Å²) in [7, 11) is 0. The predicted octanol–water partition coefficient (Wildman–Crippen LogP) is 1.90. The van der Waals surface area contributed by atoms with Gasteiger partial charge in [0, 0.05) is 19.6 Å². The van der Waals surface area contributed by atoms with E-state index >= 15 is 0 Å². The van der Waals surface area contributed by atoms with Crippen molar-refractivity contribution in [2.45, 2.75) is 33.4 Å². The summed E-state index contributed by atoms with van der Waals surface area (Å²) in [5.41, 5.74) is 5.12. The van der Waals surface area contributed by atoms with E-state index in [1.54, 1.807) is 0 Å². The van der Waals surface area contributed by atoms with E-state index in [0.717, 1.165) is 13.1 Å². The van der Waals surface area contributed by atoms with Gasteiger partial charge in [0.25, 0.3) is 0 Å². The Kier molecular flexibility index (Phi) is 4.22. The van der Waals surface area contributed by atoms with Crippen molar-refractivity contribution in [2.24, 2.45) is 0 Å². The molecule has 2 rings (SSSR count). The maximum absolute atomic E-state index is 11.0. The van der Waals surface area contributed by atoms with Crippen LogP contribution in [0, 0.1) is 20.8 Å². The topological polar surface area (TPSA) is 49.8 Å². The molecule has 1 saturated heterocycles. The Morgan fingerprint density at radius 1 is 1.32 bits per heavy atom. The van der Waals surface area contributed by atoms with Gasteiger partial charge in [-0.05, 0) is 43.0 Å². The minimum Gasteiger partial charge on any atom is -0.479 e. The Balaban J connectivity index is 2.08. The Hall–Kier alpha value is -1.39. The van der Waals surface area contributed by atoms with Crippen LogP contribution in [0.3, 0.4) is 0 Å². The largest absolute Gasteiger partial charge is 0.479 e. The summed E-state index contributed by atoms with van der Waals surface area (Å²) in [4.78, 5) is 13.1. The molecule has 1 aliphatic heterocycles. The van der Waals surface area contributed by atoms with Gasteiger partial charge in [-0.3, -0.25) is 4.90 Å². The van der Waals surface area contributed by atoms with Gasteiger partial charge in [0.1, 0.15) is 0 Å². The molecule has 4 heteroatoms. The molecule has 1 N–H and O–H groups in total. The van der Waals surface area contributed by atoms with Crippen molar-refractivity contribution in [1.29, 1.82) is 0 Å². The first-order valence-electron chi connectivity index (χ1n) is 6.61. The lowest BCUT2D eigenvalue weighted by Crippen LogP contribution is -2.45. The van der Waals surface area contributed by atoms with E-state index in [4.69, 9.17) is 9.84 Å². The van der Waals surface area contributed by atoms with Gasteiger partial charge >= 0.3 is 5.97 Å². The number of benzene rings is 1. The third-order valence-electron chi connectivity index (χ3n) is 3.77. The summed E-state index contributed by atoms with van der Waals surface area (Å²) in [5, 5.41) is 9.01. The van der Waals surface area contributed by atoms with Crippen LogP contribution in [0.15, 0.2) is 12.1 Å². The molecule has 0 radical (unpaired) electrons. The van der Waals surface area contributed by atoms with Crippen molar-refractivity contribution < 1.29 is 14.6 Å². The lowest BCUT2D eigenvalue weighted by atomic mass is 10.0. The first-order valence-corrected chi connectivity index (χ1v) is 6.61. The zero-order valence-electron chi connectivity index (χ0n) is 11.8. The normalized spacial score (nSPS) is 20.5. The van der Waals surface area contributed by atoms with Crippen LogP contribution in [0.5, 0.6) is 0 Å². The van der Waals surface area contributed by atoms with E-state index in [0.29, 0.717) is 13.2 Å². The molecule has 1 unspecified atom stereocenters. The number of nitrogens with zero attached hydrogens (tertiary/aromatic N) is 1. The van der Waals surface area contributed by atoms with Crippen LogP contribution in [0.25, 0.3) is 0 Å². The maximum atomic E-state index is 11.0. The molecule has 1 fully saturated rings. The lowest BCUT2D eigenvalue weighted by Gasteiger charge is -2.31. The van der Waals surface area contributed by atoms with E-state index in [-0.39, 0.29) is 0 Å². The van der Waals surface area contributed by atoms with Crippen molar-refractivity contribution in [3.8, 4) is 0 Å². The highest BCUT2D eigenvalue weighted by Crippen LogP contribution is 2.18. The summed E-state index contributed by atoms with van der Waals surface area (Å²) in [6.07, 6.45) is -0.694. The van der Waals surface area contributed by atoms with E-state index in [2.05, 4.69) is 37.8 Å². The molecule has 0 amide bonds. The number of rotatable bonds is 3. The van der Waals surface area contributed by atoms with Crippen molar-refractivity contribution in [3.63, 3.8) is 0 Å². The minimum absolute atomic E-state index is 0.460. The van der Waals surface area contributed by atoms with Crippen molar-refractivity contribution in [3.05, 3.63) is 34.4 Å². The van der Waals surface area contributed by atoms with Gasteiger partial charge in [-0.2, -0.15) is 0 Å². The predicted molar refractivity (Wildman–Crippen MR) is 73.3 cm³/mol. The first-order chi connectivity index (χ1) is 8.97. The van der Waals surface area contributed by atoms with E-state index in [1.807, 2.05) is 0 Å². The van der Waals surface area contributed by atoms with Crippen LogP contribution in [0.1, 0.15) is 22.3 Å². The van der Waals surface area contributed by atoms with E-state index < -0.39 is 12.1 Å². The molecular weight excluding hydrogens is 242 g/mol. The number of morpholine rings is 1. The smallest absolute Gasteiger partial charge is 0.334 e.